The lowest BCUT2D eigenvalue weighted by atomic mass is 9.98. The van der Waals surface area contributed by atoms with Gasteiger partial charge in [0, 0.05) is 11.1 Å². The molecule has 0 spiro atoms. The molecule has 0 aliphatic rings. The molecule has 21 heavy (non-hydrogen) atoms. The molecule has 0 saturated carbocycles. The normalized spacial score (nSPS) is 9.90. The summed E-state index contributed by atoms with van der Waals surface area (Å²) in [5.74, 6) is -0.677. The highest BCUT2D eigenvalue weighted by atomic mass is 16.5. The summed E-state index contributed by atoms with van der Waals surface area (Å²) in [6.07, 6.45) is 2.26. The first kappa shape index (κ1) is 14.7. The van der Waals surface area contributed by atoms with Crippen LogP contribution in [0.4, 0.5) is 0 Å². The predicted molar refractivity (Wildman–Crippen MR) is 81.4 cm³/mol. The van der Waals surface area contributed by atoms with Gasteiger partial charge in [-0.3, -0.25) is 4.79 Å². The zero-order valence-electron chi connectivity index (χ0n) is 11.6. The molecule has 0 aliphatic heterocycles. The smallest absolute Gasteiger partial charge is 0.338 e. The van der Waals surface area contributed by atoms with Crippen LogP contribution in [0.3, 0.4) is 0 Å². The Morgan fingerprint density at radius 1 is 0.952 bits per heavy atom. The van der Waals surface area contributed by atoms with E-state index in [1.807, 2.05) is 6.07 Å². The molecule has 2 rings (SSSR count). The van der Waals surface area contributed by atoms with E-state index >= 15 is 0 Å². The Morgan fingerprint density at radius 3 is 2.24 bits per heavy atom. The van der Waals surface area contributed by atoms with E-state index in [1.165, 1.54) is 0 Å². The zero-order valence-corrected chi connectivity index (χ0v) is 11.6. The number of rotatable bonds is 6. The average Bonchev–Trinajstić information content (AvgIpc) is 2.55. The monoisotopic (exact) mass is 280 g/mol. The quantitative estimate of drug-likeness (QED) is 0.351. The number of hydrogen-bond donors (Lipinski definition) is 0. The third-order valence-electron chi connectivity index (χ3n) is 2.98. The van der Waals surface area contributed by atoms with Crippen molar-refractivity contribution >= 4 is 11.8 Å². The average molecular weight is 280 g/mol. The molecule has 0 aromatic heterocycles. The molecule has 0 aliphatic carbocycles. The first-order chi connectivity index (χ1) is 10.2. The fourth-order valence-electron chi connectivity index (χ4n) is 1.92. The van der Waals surface area contributed by atoms with Crippen molar-refractivity contribution in [1.29, 1.82) is 0 Å². The topological polar surface area (TPSA) is 43.4 Å². The zero-order chi connectivity index (χ0) is 15.1. The molecule has 0 fully saturated rings. The minimum Gasteiger partial charge on any atom is -0.462 e. The Kier molecular flexibility index (Phi) is 5.04. The van der Waals surface area contributed by atoms with Crippen LogP contribution in [0.2, 0.25) is 0 Å². The van der Waals surface area contributed by atoms with E-state index in [1.54, 1.807) is 54.6 Å². The fourth-order valence-corrected chi connectivity index (χ4v) is 1.92. The van der Waals surface area contributed by atoms with E-state index in [4.69, 9.17) is 4.74 Å². The van der Waals surface area contributed by atoms with Gasteiger partial charge in [-0.2, -0.15) is 0 Å². The fraction of sp³-hybridized carbons (Fsp3) is 0.111. The van der Waals surface area contributed by atoms with Gasteiger partial charge in [0.05, 0.1) is 12.2 Å². The van der Waals surface area contributed by atoms with Crippen molar-refractivity contribution in [3.8, 4) is 0 Å². The number of esters is 1. The maximum absolute atomic E-state index is 12.5. The SMILES string of the molecule is C=CCCOC(=O)c1ccccc1C(=O)c1ccccc1. The molecule has 2 aromatic carbocycles. The molecule has 0 saturated heterocycles. The molecular formula is C18H16O3. The maximum Gasteiger partial charge on any atom is 0.338 e. The molecule has 0 radical (unpaired) electrons. The highest BCUT2D eigenvalue weighted by Gasteiger charge is 2.18. The van der Waals surface area contributed by atoms with E-state index in [0.717, 1.165) is 0 Å². The van der Waals surface area contributed by atoms with Gasteiger partial charge in [0.1, 0.15) is 0 Å². The molecule has 0 heterocycles. The number of ketones is 1. The second-order valence-corrected chi connectivity index (χ2v) is 4.45. The van der Waals surface area contributed by atoms with Crippen LogP contribution in [-0.4, -0.2) is 18.4 Å². The second-order valence-electron chi connectivity index (χ2n) is 4.45. The van der Waals surface area contributed by atoms with Gasteiger partial charge >= 0.3 is 5.97 Å². The van der Waals surface area contributed by atoms with Gasteiger partial charge in [0.2, 0.25) is 0 Å². The van der Waals surface area contributed by atoms with Gasteiger partial charge < -0.3 is 4.74 Å². The second kappa shape index (κ2) is 7.20. The van der Waals surface area contributed by atoms with Crippen LogP contribution in [0, 0.1) is 0 Å². The van der Waals surface area contributed by atoms with Crippen LogP contribution in [0.1, 0.15) is 32.7 Å². The molecule has 0 amide bonds. The van der Waals surface area contributed by atoms with E-state index in [0.29, 0.717) is 17.5 Å². The summed E-state index contributed by atoms with van der Waals surface area (Å²) in [6.45, 7) is 3.83. The van der Waals surface area contributed by atoms with Crippen molar-refractivity contribution in [1.82, 2.24) is 0 Å². The summed E-state index contributed by atoms with van der Waals surface area (Å²) < 4.78 is 5.13. The van der Waals surface area contributed by atoms with E-state index in [2.05, 4.69) is 6.58 Å². The Morgan fingerprint density at radius 2 is 1.57 bits per heavy atom. The van der Waals surface area contributed by atoms with Crippen molar-refractivity contribution in [3.05, 3.63) is 83.9 Å². The lowest BCUT2D eigenvalue weighted by molar-refractivity contribution is 0.0509. The van der Waals surface area contributed by atoms with E-state index in [-0.39, 0.29) is 18.0 Å². The van der Waals surface area contributed by atoms with E-state index < -0.39 is 5.97 Å². The predicted octanol–water partition coefficient (Wildman–Crippen LogP) is 3.65. The summed E-state index contributed by atoms with van der Waals surface area (Å²) >= 11 is 0. The van der Waals surface area contributed by atoms with Crippen LogP contribution >= 0.6 is 0 Å². The number of benzene rings is 2. The molecule has 0 bridgehead atoms. The number of carbonyl (C=O) groups excluding carboxylic acids is 2. The highest BCUT2D eigenvalue weighted by molar-refractivity contribution is 6.14. The Hall–Kier alpha value is -2.68. The molecule has 3 nitrogen and oxygen atoms in total. The van der Waals surface area contributed by atoms with Gasteiger partial charge in [0.15, 0.2) is 5.78 Å². The summed E-state index contributed by atoms with van der Waals surface area (Å²) in [5, 5.41) is 0. The van der Waals surface area contributed by atoms with Crippen molar-refractivity contribution in [2.24, 2.45) is 0 Å². The minimum atomic E-state index is -0.489. The number of carbonyl (C=O) groups is 2. The lowest BCUT2D eigenvalue weighted by Gasteiger charge is -2.08. The van der Waals surface area contributed by atoms with Gasteiger partial charge in [-0.25, -0.2) is 4.79 Å². The van der Waals surface area contributed by atoms with Gasteiger partial charge in [-0.1, -0.05) is 54.6 Å². The standard InChI is InChI=1S/C18H16O3/c1-2-3-13-21-18(20)16-12-8-7-11-15(16)17(19)14-9-5-4-6-10-14/h2,4-12H,1,3,13H2. The molecule has 3 heteroatoms. The summed E-state index contributed by atoms with van der Waals surface area (Å²) in [6, 6.07) is 15.6. The number of ether oxygens (including phenoxy) is 1. The van der Waals surface area contributed by atoms with E-state index in [9.17, 15) is 9.59 Å². The van der Waals surface area contributed by atoms with Crippen molar-refractivity contribution < 1.29 is 14.3 Å². The van der Waals surface area contributed by atoms with Crippen molar-refractivity contribution in [2.75, 3.05) is 6.61 Å². The molecular weight excluding hydrogens is 264 g/mol. The van der Waals surface area contributed by atoms with Crippen LogP contribution < -0.4 is 0 Å². The Labute approximate surface area is 123 Å². The van der Waals surface area contributed by atoms with Crippen LogP contribution in [-0.2, 0) is 4.74 Å². The van der Waals surface area contributed by atoms with Gasteiger partial charge in [-0.15, -0.1) is 6.58 Å². The summed E-state index contributed by atoms with van der Waals surface area (Å²) in [7, 11) is 0. The first-order valence-electron chi connectivity index (χ1n) is 6.71. The van der Waals surface area contributed by atoms with Crippen molar-refractivity contribution in [2.45, 2.75) is 6.42 Å². The minimum absolute atomic E-state index is 0.188. The molecule has 0 atom stereocenters. The molecule has 106 valence electrons. The third kappa shape index (κ3) is 3.66. The summed E-state index contributed by atoms with van der Waals surface area (Å²) in [4.78, 5) is 24.5. The van der Waals surface area contributed by atoms with Crippen LogP contribution in [0.25, 0.3) is 0 Å². The highest BCUT2D eigenvalue weighted by Crippen LogP contribution is 2.15. The van der Waals surface area contributed by atoms with Crippen LogP contribution in [0.15, 0.2) is 67.3 Å². The summed E-state index contributed by atoms with van der Waals surface area (Å²) in [5.41, 5.74) is 1.19. The van der Waals surface area contributed by atoms with Gasteiger partial charge in [0.25, 0.3) is 0 Å². The third-order valence-corrected chi connectivity index (χ3v) is 2.98. The first-order valence-corrected chi connectivity index (χ1v) is 6.71. The molecule has 0 unspecified atom stereocenters. The molecule has 0 N–H and O–H groups in total. The van der Waals surface area contributed by atoms with Gasteiger partial charge in [-0.05, 0) is 12.5 Å². The van der Waals surface area contributed by atoms with Crippen molar-refractivity contribution in [3.63, 3.8) is 0 Å². The Balaban J connectivity index is 2.26. The molecule has 2 aromatic rings. The largest absolute Gasteiger partial charge is 0.462 e. The van der Waals surface area contributed by atoms with Crippen LogP contribution in [0.5, 0.6) is 0 Å². The maximum atomic E-state index is 12.5. The number of hydrogen-bond acceptors (Lipinski definition) is 3. The Bertz CT molecular complexity index is 645. The lowest BCUT2D eigenvalue weighted by Crippen LogP contribution is -2.13.